The molecule has 59 heavy (non-hydrogen) atoms. The molecule has 2 heterocycles. The van der Waals surface area contributed by atoms with Gasteiger partial charge in [-0.3, -0.25) is 9.55 Å². The van der Waals surface area contributed by atoms with E-state index in [2.05, 4.69) is 180 Å². The fourth-order valence-corrected chi connectivity index (χ4v) is 8.47. The van der Waals surface area contributed by atoms with Crippen molar-refractivity contribution in [3.63, 3.8) is 0 Å². The van der Waals surface area contributed by atoms with Crippen LogP contribution < -0.4 is 0 Å². The van der Waals surface area contributed by atoms with Gasteiger partial charge in [-0.1, -0.05) is 150 Å². The number of phenolic OH excluding ortho intramolecular Hbond substituents is 1. The summed E-state index contributed by atoms with van der Waals surface area (Å²) in [7, 11) is 0. The van der Waals surface area contributed by atoms with Gasteiger partial charge in [0, 0.05) is 38.5 Å². The molecule has 5 heteroatoms. The minimum absolute atomic E-state index is 0. The van der Waals surface area contributed by atoms with Crippen LogP contribution in [0.1, 0.15) is 76.6 Å². The number of nitrogens with zero attached hydrogens (tertiary/aromatic N) is 3. The van der Waals surface area contributed by atoms with E-state index < -0.39 is 0 Å². The van der Waals surface area contributed by atoms with Gasteiger partial charge in [-0.15, -0.1) is 29.3 Å². The van der Waals surface area contributed by atoms with E-state index in [4.69, 9.17) is 9.97 Å². The zero-order valence-corrected chi connectivity index (χ0v) is 37.0. The summed E-state index contributed by atoms with van der Waals surface area (Å²) < 4.78 is 2.25. The van der Waals surface area contributed by atoms with Crippen molar-refractivity contribution in [1.29, 1.82) is 0 Å². The largest absolute Gasteiger partial charge is 0.507 e. The van der Waals surface area contributed by atoms with E-state index in [0.29, 0.717) is 5.75 Å². The van der Waals surface area contributed by atoms with Crippen molar-refractivity contribution in [3.8, 4) is 67.5 Å². The Bertz CT molecular complexity index is 2800. The minimum Gasteiger partial charge on any atom is -0.507 e. The molecule has 0 amide bonds. The van der Waals surface area contributed by atoms with Crippen LogP contribution in [-0.2, 0) is 44.7 Å². The van der Waals surface area contributed by atoms with Gasteiger partial charge in [0.25, 0.3) is 0 Å². The molecule has 0 atom stereocenters. The SMILES string of the molecule is CC(C)(C)c1ccc(-c2ccnc(-c3[c-]c(-c4cccc5c4nc(-c4ccc6c(c4O)CCCC6)n5-c4ccccc4-c4ccccc4)cc(C(C)(C)C)c3)c2)cc1.[Pt]. The van der Waals surface area contributed by atoms with Crippen molar-refractivity contribution in [2.75, 3.05) is 0 Å². The molecule has 0 spiro atoms. The number of pyridine rings is 1. The summed E-state index contributed by atoms with van der Waals surface area (Å²) in [6, 6.07) is 51.2. The van der Waals surface area contributed by atoms with Gasteiger partial charge in [-0.25, -0.2) is 4.98 Å². The Kier molecular flexibility index (Phi) is 10.8. The Morgan fingerprint density at radius 1 is 0.593 bits per heavy atom. The third-order valence-electron chi connectivity index (χ3n) is 11.8. The summed E-state index contributed by atoms with van der Waals surface area (Å²) in [6.45, 7) is 13.5. The van der Waals surface area contributed by atoms with Crippen LogP contribution in [-0.4, -0.2) is 19.6 Å². The van der Waals surface area contributed by atoms with Crippen LogP contribution >= 0.6 is 0 Å². The molecule has 8 aromatic rings. The number of aryl methyl sites for hydroxylation is 1. The standard InChI is InChI=1S/C54H50N3O.Pt/c1-53(2,3)41-26-23-35(24-27-41)38-29-30-55-47(34-38)40-31-39(32-42(33-40)54(4,5)6)44-20-14-22-49-50(44)56-52(46-28-25-37-17-10-11-19-45(37)51(46)58)57(49)48-21-13-12-18-43(48)36-15-8-7-9-16-36;/h7-9,12-16,18,20-30,32-34,58H,10-11,17,19H2,1-6H3;/q-1;. The van der Waals surface area contributed by atoms with Gasteiger partial charge in [0.15, 0.2) is 0 Å². The van der Waals surface area contributed by atoms with Crippen LogP contribution in [0.3, 0.4) is 0 Å². The fourth-order valence-electron chi connectivity index (χ4n) is 8.47. The average molecular weight is 952 g/mol. The normalized spacial score (nSPS) is 12.9. The van der Waals surface area contributed by atoms with Crippen molar-refractivity contribution in [3.05, 3.63) is 168 Å². The number of aromatic nitrogens is 3. The number of aromatic hydroxyl groups is 1. The van der Waals surface area contributed by atoms with Crippen LogP contribution in [0.2, 0.25) is 0 Å². The summed E-state index contributed by atoms with van der Waals surface area (Å²) in [5, 5.41) is 12.0. The van der Waals surface area contributed by atoms with Gasteiger partial charge in [0.1, 0.15) is 11.6 Å². The van der Waals surface area contributed by atoms with E-state index in [9.17, 15) is 5.11 Å². The first kappa shape index (κ1) is 40.2. The third kappa shape index (κ3) is 7.72. The second-order valence-corrected chi connectivity index (χ2v) is 17.8. The van der Waals surface area contributed by atoms with E-state index in [-0.39, 0.29) is 31.9 Å². The smallest absolute Gasteiger partial charge is 0.148 e. The first-order valence-electron chi connectivity index (χ1n) is 20.6. The zero-order chi connectivity index (χ0) is 40.2. The molecule has 2 aromatic heterocycles. The van der Waals surface area contributed by atoms with Gasteiger partial charge in [-0.2, -0.15) is 0 Å². The summed E-state index contributed by atoms with van der Waals surface area (Å²) >= 11 is 0. The number of para-hydroxylation sites is 2. The van der Waals surface area contributed by atoms with Gasteiger partial charge in [0.2, 0.25) is 0 Å². The number of rotatable bonds is 6. The molecule has 4 nitrogen and oxygen atoms in total. The topological polar surface area (TPSA) is 50.9 Å². The summed E-state index contributed by atoms with van der Waals surface area (Å²) in [4.78, 5) is 10.4. The molecule has 6 aromatic carbocycles. The van der Waals surface area contributed by atoms with Crippen LogP contribution in [0.5, 0.6) is 5.75 Å². The Balaban J connectivity index is 0.00000484. The molecule has 9 rings (SSSR count). The number of hydrogen-bond donors (Lipinski definition) is 1. The van der Waals surface area contributed by atoms with Gasteiger partial charge >= 0.3 is 0 Å². The quantitative estimate of drug-likeness (QED) is 0.169. The first-order valence-corrected chi connectivity index (χ1v) is 20.6. The number of hydrogen-bond acceptors (Lipinski definition) is 3. The average Bonchev–Trinajstić information content (AvgIpc) is 3.63. The summed E-state index contributed by atoms with van der Waals surface area (Å²) in [5.41, 5.74) is 16.5. The second-order valence-electron chi connectivity index (χ2n) is 17.8. The molecule has 0 radical (unpaired) electrons. The monoisotopic (exact) mass is 951 g/mol. The molecule has 298 valence electrons. The van der Waals surface area contributed by atoms with Crippen molar-refractivity contribution in [2.45, 2.75) is 78.1 Å². The second kappa shape index (κ2) is 15.9. The number of fused-ring (bicyclic) bond motifs is 2. The van der Waals surface area contributed by atoms with Crippen molar-refractivity contribution < 1.29 is 26.2 Å². The van der Waals surface area contributed by atoms with E-state index in [1.54, 1.807) is 0 Å². The fraction of sp³-hybridized carbons (Fsp3) is 0.222. The molecule has 0 unspecified atom stereocenters. The number of phenols is 1. The first-order chi connectivity index (χ1) is 27.9. The molecule has 0 saturated carbocycles. The van der Waals surface area contributed by atoms with Crippen LogP contribution in [0, 0.1) is 6.07 Å². The molecule has 1 aliphatic rings. The predicted octanol–water partition coefficient (Wildman–Crippen LogP) is 13.7. The number of imidazole rings is 1. The molecule has 1 N–H and O–H groups in total. The van der Waals surface area contributed by atoms with Gasteiger partial charge in [0.05, 0.1) is 22.3 Å². The van der Waals surface area contributed by atoms with Crippen molar-refractivity contribution in [2.24, 2.45) is 0 Å². The number of benzene rings is 6. The Morgan fingerprint density at radius 3 is 2.05 bits per heavy atom. The Labute approximate surface area is 363 Å². The Hall–Kier alpha value is -5.57. The maximum Gasteiger partial charge on any atom is 0.148 e. The van der Waals surface area contributed by atoms with Crippen molar-refractivity contribution >= 4 is 11.0 Å². The van der Waals surface area contributed by atoms with E-state index in [0.717, 1.165) is 104 Å². The molecule has 0 bridgehead atoms. The molecular weight excluding hydrogens is 902 g/mol. The molecule has 0 saturated heterocycles. The van der Waals surface area contributed by atoms with Crippen LogP contribution in [0.4, 0.5) is 0 Å². The molecule has 0 aliphatic heterocycles. The molecule has 0 fully saturated rings. The zero-order valence-electron chi connectivity index (χ0n) is 34.7. The Morgan fingerprint density at radius 2 is 1.29 bits per heavy atom. The van der Waals surface area contributed by atoms with Gasteiger partial charge < -0.3 is 5.11 Å². The van der Waals surface area contributed by atoms with Crippen LogP contribution in [0.15, 0.2) is 140 Å². The van der Waals surface area contributed by atoms with E-state index >= 15 is 0 Å². The maximum absolute atomic E-state index is 12.0. The third-order valence-corrected chi connectivity index (χ3v) is 11.8. The molecular formula is C54H50N3OPt-. The molecule has 1 aliphatic carbocycles. The summed E-state index contributed by atoms with van der Waals surface area (Å²) in [5.74, 6) is 1.06. The predicted molar refractivity (Wildman–Crippen MR) is 241 cm³/mol. The van der Waals surface area contributed by atoms with Crippen LogP contribution in [0.25, 0.3) is 72.7 Å². The van der Waals surface area contributed by atoms with E-state index in [1.807, 2.05) is 12.3 Å². The minimum atomic E-state index is -0.138. The summed E-state index contributed by atoms with van der Waals surface area (Å²) in [6.07, 6.45) is 5.99. The maximum atomic E-state index is 12.0. The van der Waals surface area contributed by atoms with Gasteiger partial charge in [-0.05, 0) is 94.2 Å². The van der Waals surface area contributed by atoms with Crippen molar-refractivity contribution in [1.82, 2.24) is 14.5 Å². The van der Waals surface area contributed by atoms with E-state index in [1.165, 1.54) is 16.7 Å².